The van der Waals surface area contributed by atoms with Crippen LogP contribution in [-0.2, 0) is 20.2 Å². The lowest BCUT2D eigenvalue weighted by Crippen LogP contribution is -2.08. The molecule has 51 heavy (non-hydrogen) atoms. The molecule has 0 heterocycles. The Morgan fingerprint density at radius 3 is 0.980 bits per heavy atom. The molecule has 0 unspecified atom stereocenters. The van der Waals surface area contributed by atoms with Gasteiger partial charge in [0.25, 0.3) is 20.2 Å². The second-order valence-corrected chi connectivity index (χ2v) is 13.3. The molecule has 6 nitrogen and oxygen atoms in total. The zero-order chi connectivity index (χ0) is 42.7. The monoisotopic (exact) mass is 757 g/mol. The van der Waals surface area contributed by atoms with Crippen LogP contribution in [-0.4, -0.2) is 25.9 Å². The predicted molar refractivity (Wildman–Crippen MR) is 232 cm³/mol. The highest BCUT2D eigenvalue weighted by molar-refractivity contribution is 7.86. The Kier molecular flexibility index (Phi) is 47.7. The summed E-state index contributed by atoms with van der Waals surface area (Å²) in [4.78, 5) is -0.532. The van der Waals surface area contributed by atoms with Gasteiger partial charge < -0.3 is 0 Å². The lowest BCUT2D eigenvalue weighted by Gasteiger charge is -2.20. The van der Waals surface area contributed by atoms with Crippen LogP contribution >= 0.6 is 0 Å². The van der Waals surface area contributed by atoms with Crippen LogP contribution in [0, 0.1) is 34.6 Å². The molecule has 8 heteroatoms. The Morgan fingerprint density at radius 1 is 0.529 bits per heavy atom. The van der Waals surface area contributed by atoms with E-state index in [0.717, 1.165) is 10.9 Å². The third-order valence-electron chi connectivity index (χ3n) is 5.56. The Morgan fingerprint density at radius 2 is 0.765 bits per heavy atom. The molecule has 0 saturated carbocycles. The van der Waals surface area contributed by atoms with Gasteiger partial charge in [0.1, 0.15) is 0 Å². The van der Waals surface area contributed by atoms with Gasteiger partial charge in [-0.05, 0) is 85.7 Å². The fraction of sp³-hybridized carbons (Fsp3) is 0.535. The van der Waals surface area contributed by atoms with E-state index in [1.54, 1.807) is 20.8 Å². The van der Waals surface area contributed by atoms with Crippen molar-refractivity contribution in [3.05, 3.63) is 96.1 Å². The SMILES string of the molecule is C=C.C=C.CC.CC.CC.CCC.CCC.CCC.Cc1c(S(=O)(=O)O)cc2cc(S(=O)(=O)O)c(C)c(C(C)C)c2c1C.Cc1ccc(C)cc1. The fourth-order valence-electron chi connectivity index (χ4n) is 3.85. The molecule has 0 spiro atoms. The van der Waals surface area contributed by atoms with Crippen molar-refractivity contribution in [3.8, 4) is 0 Å². The maximum absolute atomic E-state index is 11.7. The number of fused-ring (bicyclic) bond motifs is 1. The van der Waals surface area contributed by atoms with E-state index >= 15 is 0 Å². The average molecular weight is 757 g/mol. The molecule has 0 aliphatic carbocycles. The van der Waals surface area contributed by atoms with E-state index < -0.39 is 20.2 Å². The first-order chi connectivity index (χ1) is 23.8. The number of hydrogen-bond donors (Lipinski definition) is 2. The van der Waals surface area contributed by atoms with Crippen LogP contribution in [0.25, 0.3) is 10.8 Å². The van der Waals surface area contributed by atoms with Crippen LogP contribution in [0.5, 0.6) is 0 Å². The number of benzene rings is 3. The molecule has 3 aromatic rings. The second kappa shape index (κ2) is 38.5. The topological polar surface area (TPSA) is 109 Å². The molecule has 0 aliphatic rings. The fourth-order valence-corrected chi connectivity index (χ4v) is 5.43. The molecule has 2 N–H and O–H groups in total. The molecule has 300 valence electrons. The first-order valence-electron chi connectivity index (χ1n) is 18.4. The van der Waals surface area contributed by atoms with Crippen molar-refractivity contribution in [1.29, 1.82) is 0 Å². The minimum Gasteiger partial charge on any atom is -0.282 e. The van der Waals surface area contributed by atoms with E-state index in [1.807, 2.05) is 55.4 Å². The first-order valence-corrected chi connectivity index (χ1v) is 21.2. The third-order valence-corrected chi connectivity index (χ3v) is 7.52. The van der Waals surface area contributed by atoms with Gasteiger partial charge >= 0.3 is 0 Å². The van der Waals surface area contributed by atoms with E-state index in [-0.39, 0.29) is 15.7 Å². The summed E-state index contributed by atoms with van der Waals surface area (Å²) in [5.74, 6) is -0.0520. The van der Waals surface area contributed by atoms with Crippen LogP contribution in [0.4, 0.5) is 0 Å². The molecule has 3 aromatic carbocycles. The van der Waals surface area contributed by atoms with Crippen LogP contribution in [0.15, 0.2) is 72.5 Å². The standard InChI is InChI=1S/C16H20O6S2.C8H10.3C3H8.3C2H6.2C2H4/c1-8(2)15-11(5)14(24(20,21)22)7-12-6-13(23(17,18)19)9(3)10(4)16(12)15;1-7-3-5-8(2)6-4-7;3*1-3-2;5*1-2/h6-8H,1-5H3,(H,17,18,19)(H,20,21,22);3-6H,1-2H3;3*3H2,1-2H3;3*1-2H3;2*1-2H2. The molecule has 0 aromatic heterocycles. The summed E-state index contributed by atoms with van der Waals surface area (Å²) in [7, 11) is -8.92. The van der Waals surface area contributed by atoms with Crippen molar-refractivity contribution < 1.29 is 25.9 Å². The Labute approximate surface area is 318 Å². The van der Waals surface area contributed by atoms with Gasteiger partial charge in [-0.25, -0.2) is 0 Å². The van der Waals surface area contributed by atoms with Crippen molar-refractivity contribution >= 4 is 31.0 Å². The van der Waals surface area contributed by atoms with Gasteiger partial charge in [-0.1, -0.05) is 152 Å². The normalized spacial score (nSPS) is 9.14. The van der Waals surface area contributed by atoms with Gasteiger partial charge in [0.2, 0.25) is 0 Å². The highest BCUT2D eigenvalue weighted by atomic mass is 32.2. The highest BCUT2D eigenvalue weighted by Crippen LogP contribution is 2.38. The van der Waals surface area contributed by atoms with E-state index in [0.29, 0.717) is 22.1 Å². The second-order valence-electron chi connectivity index (χ2n) is 10.5. The van der Waals surface area contributed by atoms with Crippen molar-refractivity contribution in [2.75, 3.05) is 0 Å². The minimum absolute atomic E-state index is 0.0520. The van der Waals surface area contributed by atoms with E-state index in [1.165, 1.54) is 42.5 Å². The van der Waals surface area contributed by atoms with Gasteiger partial charge in [-0.15, -0.1) is 26.3 Å². The van der Waals surface area contributed by atoms with Gasteiger partial charge in [0, 0.05) is 0 Å². The highest BCUT2D eigenvalue weighted by Gasteiger charge is 2.24. The maximum atomic E-state index is 11.7. The zero-order valence-electron chi connectivity index (χ0n) is 36.3. The Bertz CT molecular complexity index is 1420. The van der Waals surface area contributed by atoms with Crippen molar-refractivity contribution in [1.82, 2.24) is 0 Å². The number of hydrogen-bond acceptors (Lipinski definition) is 4. The molecule has 3 rings (SSSR count). The summed E-state index contributed by atoms with van der Waals surface area (Å²) in [5.41, 5.74) is 4.87. The molecule has 0 amide bonds. The molecular weight excluding hydrogens is 677 g/mol. The third kappa shape index (κ3) is 27.5. The average Bonchev–Trinajstić information content (AvgIpc) is 3.09. The van der Waals surface area contributed by atoms with E-state index in [9.17, 15) is 25.9 Å². The summed E-state index contributed by atoms with van der Waals surface area (Å²) in [6.45, 7) is 49.7. The Balaban J connectivity index is -0.000000118. The molecule has 0 fully saturated rings. The summed E-state index contributed by atoms with van der Waals surface area (Å²) < 4.78 is 65.5. The summed E-state index contributed by atoms with van der Waals surface area (Å²) in [6.07, 6.45) is 3.75. The minimum atomic E-state index is -4.46. The van der Waals surface area contributed by atoms with E-state index in [4.69, 9.17) is 0 Å². The van der Waals surface area contributed by atoms with Gasteiger partial charge in [0.05, 0.1) is 9.79 Å². The maximum Gasteiger partial charge on any atom is 0.294 e. The molecular formula is C43H80O6S2. The molecule has 0 aliphatic heterocycles. The van der Waals surface area contributed by atoms with E-state index in [2.05, 4.69) is 106 Å². The van der Waals surface area contributed by atoms with Gasteiger partial charge in [0.15, 0.2) is 0 Å². The van der Waals surface area contributed by atoms with Crippen molar-refractivity contribution in [3.63, 3.8) is 0 Å². The lowest BCUT2D eigenvalue weighted by atomic mass is 9.88. The number of rotatable bonds is 3. The smallest absolute Gasteiger partial charge is 0.282 e. The summed E-state index contributed by atoms with van der Waals surface area (Å²) >= 11 is 0. The summed E-state index contributed by atoms with van der Waals surface area (Å²) in [5, 5.41) is 1.08. The summed E-state index contributed by atoms with van der Waals surface area (Å²) in [6, 6.07) is 11.0. The zero-order valence-corrected chi connectivity index (χ0v) is 38.0. The van der Waals surface area contributed by atoms with Crippen molar-refractivity contribution in [2.45, 2.75) is 167 Å². The quantitative estimate of drug-likeness (QED) is 0.203. The predicted octanol–water partition coefficient (Wildman–Crippen LogP) is 14.6. The number of aryl methyl sites for hydroxylation is 3. The van der Waals surface area contributed by atoms with Crippen LogP contribution in [0.2, 0.25) is 0 Å². The largest absolute Gasteiger partial charge is 0.294 e. The Hall–Kier alpha value is -2.78. The molecule has 0 atom stereocenters. The van der Waals surface area contributed by atoms with Crippen LogP contribution in [0.1, 0.15) is 155 Å². The van der Waals surface area contributed by atoms with Gasteiger partial charge in [-0.3, -0.25) is 9.11 Å². The van der Waals surface area contributed by atoms with Crippen LogP contribution < -0.4 is 0 Å². The van der Waals surface area contributed by atoms with Crippen LogP contribution in [0.3, 0.4) is 0 Å². The first kappa shape index (κ1) is 63.3. The van der Waals surface area contributed by atoms with Crippen molar-refractivity contribution in [2.24, 2.45) is 0 Å². The lowest BCUT2D eigenvalue weighted by molar-refractivity contribution is 0.480. The van der Waals surface area contributed by atoms with Gasteiger partial charge in [-0.2, -0.15) is 16.8 Å². The molecule has 0 radical (unpaired) electrons. The molecule has 0 bridgehead atoms. The molecule has 0 saturated heterocycles.